The number of nitrogens with one attached hydrogen (secondary N) is 3. The zero-order chi connectivity index (χ0) is 23.1. The van der Waals surface area contributed by atoms with Crippen LogP contribution in [0.2, 0.25) is 5.02 Å². The van der Waals surface area contributed by atoms with Gasteiger partial charge in [-0.05, 0) is 58.2 Å². The Hall–Kier alpha value is -3.06. The number of halogens is 1. The average Bonchev–Trinajstić information content (AvgIpc) is 2.74. The van der Waals surface area contributed by atoms with Gasteiger partial charge in [0.15, 0.2) is 0 Å². The topological polar surface area (TPSA) is 96.1 Å². The van der Waals surface area contributed by atoms with Crippen molar-refractivity contribution in [1.29, 1.82) is 0 Å². The van der Waals surface area contributed by atoms with E-state index in [0.29, 0.717) is 22.6 Å². The highest BCUT2D eigenvalue weighted by molar-refractivity contribution is 6.33. The average molecular weight is 457 g/mol. The number of H-pyrrole nitrogens is 1. The van der Waals surface area contributed by atoms with Crippen LogP contribution in [0.5, 0.6) is 0 Å². The molecule has 32 heavy (non-hydrogen) atoms. The van der Waals surface area contributed by atoms with Crippen molar-refractivity contribution in [2.45, 2.75) is 45.6 Å². The van der Waals surface area contributed by atoms with E-state index in [1.807, 2.05) is 57.2 Å². The number of hydrogen-bond acceptors (Lipinski definition) is 5. The minimum atomic E-state index is -0.487. The number of carbonyl (C=O) groups excluding carboxylic acids is 1. The molecule has 3 aromatic rings. The van der Waals surface area contributed by atoms with Crippen LogP contribution < -0.4 is 16.2 Å². The van der Waals surface area contributed by atoms with E-state index in [4.69, 9.17) is 16.3 Å². The first-order valence-electron chi connectivity index (χ1n) is 10.7. The fourth-order valence-corrected chi connectivity index (χ4v) is 3.48. The Kier molecular flexibility index (Phi) is 7.75. The number of aromatic nitrogens is 2. The largest absolute Gasteiger partial charge is 0.444 e. The number of amides is 1. The van der Waals surface area contributed by atoms with Gasteiger partial charge < -0.3 is 15.4 Å². The van der Waals surface area contributed by atoms with Gasteiger partial charge in [-0.1, -0.05) is 35.9 Å². The molecule has 1 amide bonds. The number of rotatable bonds is 8. The Balaban J connectivity index is 1.54. The van der Waals surface area contributed by atoms with Crippen LogP contribution in [0.3, 0.4) is 0 Å². The molecule has 0 aliphatic heterocycles. The van der Waals surface area contributed by atoms with Gasteiger partial charge in [-0.25, -0.2) is 9.89 Å². The molecule has 0 atom stereocenters. The fraction of sp³-hybridized carbons (Fsp3) is 0.375. The minimum Gasteiger partial charge on any atom is -0.444 e. The van der Waals surface area contributed by atoms with Gasteiger partial charge in [-0.15, -0.1) is 0 Å². The van der Waals surface area contributed by atoms with Crippen molar-refractivity contribution < 1.29 is 9.53 Å². The summed E-state index contributed by atoms with van der Waals surface area (Å²) in [4.78, 5) is 23.7. The highest BCUT2D eigenvalue weighted by atomic mass is 35.5. The number of alkyl carbamates (subject to hydrolysis) is 1. The first-order chi connectivity index (χ1) is 15.2. The van der Waals surface area contributed by atoms with Crippen molar-refractivity contribution in [3.63, 3.8) is 0 Å². The Labute approximate surface area is 192 Å². The minimum absolute atomic E-state index is 0.210. The van der Waals surface area contributed by atoms with E-state index in [2.05, 4.69) is 20.8 Å². The Bertz CT molecular complexity index is 1140. The summed E-state index contributed by atoms with van der Waals surface area (Å²) < 4.78 is 5.22. The molecular formula is C24H29ClN4O3. The van der Waals surface area contributed by atoms with Crippen LogP contribution in [0.25, 0.3) is 22.0 Å². The Morgan fingerprint density at radius 2 is 1.78 bits per heavy atom. The molecule has 0 bridgehead atoms. The number of hydrogen-bond donors (Lipinski definition) is 3. The van der Waals surface area contributed by atoms with Gasteiger partial charge >= 0.3 is 6.09 Å². The first kappa shape index (κ1) is 23.6. The van der Waals surface area contributed by atoms with E-state index < -0.39 is 5.60 Å². The van der Waals surface area contributed by atoms with Gasteiger partial charge in [0.1, 0.15) is 5.60 Å². The lowest BCUT2D eigenvalue weighted by atomic mass is 10.0. The van der Waals surface area contributed by atoms with Crippen LogP contribution in [0.4, 0.5) is 10.5 Å². The number of aromatic amines is 1. The molecule has 0 saturated carbocycles. The second kappa shape index (κ2) is 10.5. The van der Waals surface area contributed by atoms with Gasteiger partial charge in [0.05, 0.1) is 21.8 Å². The van der Waals surface area contributed by atoms with Crippen LogP contribution in [-0.4, -0.2) is 35.0 Å². The predicted octanol–water partition coefficient (Wildman–Crippen LogP) is 5.35. The molecule has 0 spiro atoms. The zero-order valence-corrected chi connectivity index (χ0v) is 19.4. The lowest BCUT2D eigenvalue weighted by molar-refractivity contribution is 0.0527. The molecule has 1 aromatic heterocycles. The highest BCUT2D eigenvalue weighted by Gasteiger charge is 2.15. The number of carbonyl (C=O) groups is 1. The smallest absolute Gasteiger partial charge is 0.407 e. The second-order valence-electron chi connectivity index (χ2n) is 8.56. The maximum atomic E-state index is 12.0. The number of ether oxygens (including phenoxy) is 1. The quantitative estimate of drug-likeness (QED) is 0.397. The SMILES string of the molecule is CC(C)(C)OC(=O)NCCCCCNc1cc(-c2n[nH]c(=O)c3ccccc23)ccc1Cl. The molecule has 2 aromatic carbocycles. The first-order valence-corrected chi connectivity index (χ1v) is 11.1. The van der Waals surface area contributed by atoms with E-state index in [-0.39, 0.29) is 11.7 Å². The third kappa shape index (κ3) is 6.47. The van der Waals surface area contributed by atoms with E-state index in [1.165, 1.54) is 0 Å². The lowest BCUT2D eigenvalue weighted by Gasteiger charge is -2.19. The molecule has 7 nitrogen and oxygen atoms in total. The second-order valence-corrected chi connectivity index (χ2v) is 8.96. The van der Waals surface area contributed by atoms with Gasteiger partial charge in [0, 0.05) is 24.0 Å². The third-order valence-corrected chi connectivity index (χ3v) is 5.10. The number of nitrogens with zero attached hydrogens (tertiary/aromatic N) is 1. The molecule has 1 heterocycles. The third-order valence-electron chi connectivity index (χ3n) is 4.77. The molecule has 0 saturated heterocycles. The van der Waals surface area contributed by atoms with Crippen molar-refractivity contribution in [3.05, 3.63) is 57.8 Å². The maximum absolute atomic E-state index is 12.0. The molecule has 170 valence electrons. The van der Waals surface area contributed by atoms with E-state index in [9.17, 15) is 9.59 Å². The summed E-state index contributed by atoms with van der Waals surface area (Å²) in [7, 11) is 0. The molecule has 3 N–H and O–H groups in total. The van der Waals surface area contributed by atoms with Crippen molar-refractivity contribution in [2.75, 3.05) is 18.4 Å². The summed E-state index contributed by atoms with van der Waals surface area (Å²) in [6.45, 7) is 6.85. The summed E-state index contributed by atoms with van der Waals surface area (Å²) in [5.74, 6) is 0. The standard InChI is InChI=1S/C24H29ClN4O3/c1-24(2,3)32-23(31)27-14-8-4-7-13-26-20-15-16(11-12-19(20)25)21-17-9-5-6-10-18(17)22(30)29-28-21/h5-6,9-12,15,26H,4,7-8,13-14H2,1-3H3,(H,27,31)(H,29,30). The number of unbranched alkanes of at least 4 members (excludes halogenated alkanes) is 2. The van der Waals surface area contributed by atoms with Crippen LogP contribution in [0.1, 0.15) is 40.0 Å². The molecule has 0 radical (unpaired) electrons. The van der Waals surface area contributed by atoms with Crippen molar-refractivity contribution >= 4 is 34.2 Å². The molecule has 3 rings (SSSR count). The Morgan fingerprint density at radius 1 is 1.06 bits per heavy atom. The molecule has 0 unspecified atom stereocenters. The highest BCUT2D eigenvalue weighted by Crippen LogP contribution is 2.30. The fourth-order valence-electron chi connectivity index (χ4n) is 3.30. The molecule has 8 heteroatoms. The number of fused-ring (bicyclic) bond motifs is 1. The van der Waals surface area contributed by atoms with Crippen LogP contribution in [-0.2, 0) is 4.74 Å². The number of benzene rings is 2. The van der Waals surface area contributed by atoms with Crippen LogP contribution in [0.15, 0.2) is 47.3 Å². The van der Waals surface area contributed by atoms with Gasteiger partial charge in [0.25, 0.3) is 5.56 Å². The van der Waals surface area contributed by atoms with Crippen molar-refractivity contribution in [3.8, 4) is 11.3 Å². The van der Waals surface area contributed by atoms with Crippen molar-refractivity contribution in [1.82, 2.24) is 15.5 Å². The predicted molar refractivity (Wildman–Crippen MR) is 129 cm³/mol. The maximum Gasteiger partial charge on any atom is 0.407 e. The molecule has 0 fully saturated rings. The summed E-state index contributed by atoms with van der Waals surface area (Å²) >= 11 is 6.38. The molecule has 0 aliphatic rings. The summed E-state index contributed by atoms with van der Waals surface area (Å²) in [5.41, 5.74) is 1.68. The van der Waals surface area contributed by atoms with Crippen LogP contribution >= 0.6 is 11.6 Å². The lowest BCUT2D eigenvalue weighted by Crippen LogP contribution is -2.33. The van der Waals surface area contributed by atoms with E-state index in [1.54, 1.807) is 6.07 Å². The zero-order valence-electron chi connectivity index (χ0n) is 18.6. The van der Waals surface area contributed by atoms with Gasteiger partial charge in [-0.2, -0.15) is 5.10 Å². The summed E-state index contributed by atoms with van der Waals surface area (Å²) in [5, 5.41) is 15.0. The van der Waals surface area contributed by atoms with Gasteiger partial charge in [-0.3, -0.25) is 4.79 Å². The van der Waals surface area contributed by atoms with Gasteiger partial charge in [0.2, 0.25) is 0 Å². The summed E-state index contributed by atoms with van der Waals surface area (Å²) in [6, 6.07) is 13.1. The summed E-state index contributed by atoms with van der Waals surface area (Å²) in [6.07, 6.45) is 2.35. The van der Waals surface area contributed by atoms with Crippen LogP contribution in [0, 0.1) is 0 Å². The normalized spacial score (nSPS) is 11.4. The molecular weight excluding hydrogens is 428 g/mol. The molecule has 0 aliphatic carbocycles. The number of anilines is 1. The Morgan fingerprint density at radius 3 is 2.53 bits per heavy atom. The van der Waals surface area contributed by atoms with E-state index >= 15 is 0 Å². The van der Waals surface area contributed by atoms with E-state index in [0.717, 1.165) is 42.4 Å². The van der Waals surface area contributed by atoms with Crippen molar-refractivity contribution in [2.24, 2.45) is 0 Å². The monoisotopic (exact) mass is 456 g/mol.